The maximum atomic E-state index is 12.1. The number of aromatic nitrogens is 3. The van der Waals surface area contributed by atoms with Crippen LogP contribution in [0.15, 0.2) is 70.6 Å². The first-order chi connectivity index (χ1) is 13.5. The fourth-order valence-corrected chi connectivity index (χ4v) is 3.48. The number of primary amides is 1. The fraction of sp³-hybridized carbons (Fsp3) is 0.150. The van der Waals surface area contributed by atoms with Gasteiger partial charge < -0.3 is 15.8 Å². The molecule has 0 aliphatic carbocycles. The van der Waals surface area contributed by atoms with Crippen LogP contribution in [0.25, 0.3) is 0 Å². The Morgan fingerprint density at radius 2 is 1.93 bits per heavy atom. The van der Waals surface area contributed by atoms with Gasteiger partial charge >= 0.3 is 0 Å². The lowest BCUT2D eigenvalue weighted by Gasteiger charge is -2.27. The zero-order valence-electron chi connectivity index (χ0n) is 15.1. The Balaban J connectivity index is 1.57. The molecule has 2 heterocycles. The molecule has 8 heteroatoms. The quantitative estimate of drug-likeness (QED) is 0.634. The Hall–Kier alpha value is -3.13. The van der Waals surface area contributed by atoms with Crippen LogP contribution in [-0.2, 0) is 11.4 Å². The van der Waals surface area contributed by atoms with Crippen molar-refractivity contribution in [1.29, 1.82) is 0 Å². The average Bonchev–Trinajstić information content (AvgIpc) is 3.14. The number of hydrogen-bond donors (Lipinski definition) is 2. The normalized spacial score (nSPS) is 15.7. The maximum absolute atomic E-state index is 12.1. The number of ether oxygens (including phenoxy) is 1. The highest BCUT2D eigenvalue weighted by atomic mass is 79.9. The van der Waals surface area contributed by atoms with Gasteiger partial charge in [-0.05, 0) is 42.3 Å². The maximum Gasteiger partial charge on any atom is 0.248 e. The van der Waals surface area contributed by atoms with Crippen molar-refractivity contribution in [2.45, 2.75) is 19.6 Å². The second-order valence-corrected chi connectivity index (χ2v) is 7.36. The number of allylic oxidation sites excluding steroid dienone is 1. The van der Waals surface area contributed by atoms with E-state index in [1.165, 1.54) is 6.33 Å². The van der Waals surface area contributed by atoms with E-state index in [-0.39, 0.29) is 0 Å². The summed E-state index contributed by atoms with van der Waals surface area (Å²) < 4.78 is 8.55. The third kappa shape index (κ3) is 3.50. The lowest BCUT2D eigenvalue weighted by atomic mass is 9.95. The molecule has 1 aromatic heterocycles. The van der Waals surface area contributed by atoms with E-state index in [4.69, 9.17) is 10.5 Å². The molecule has 1 unspecified atom stereocenters. The summed E-state index contributed by atoms with van der Waals surface area (Å²) >= 11 is 3.42. The van der Waals surface area contributed by atoms with Crippen molar-refractivity contribution in [1.82, 2.24) is 14.8 Å². The molecule has 28 heavy (non-hydrogen) atoms. The minimum atomic E-state index is -0.494. The highest BCUT2D eigenvalue weighted by molar-refractivity contribution is 9.10. The Kier molecular flexibility index (Phi) is 4.87. The first-order valence-electron chi connectivity index (χ1n) is 8.67. The Morgan fingerprint density at radius 1 is 1.21 bits per heavy atom. The summed E-state index contributed by atoms with van der Waals surface area (Å²) in [5.74, 6) is 0.815. The van der Waals surface area contributed by atoms with Crippen LogP contribution < -0.4 is 15.8 Å². The Morgan fingerprint density at radius 3 is 2.61 bits per heavy atom. The molecule has 3 N–H and O–H groups in total. The van der Waals surface area contributed by atoms with Crippen molar-refractivity contribution in [3.8, 4) is 5.75 Å². The molecule has 1 amide bonds. The summed E-state index contributed by atoms with van der Waals surface area (Å²) in [6.07, 6.45) is 1.45. The van der Waals surface area contributed by atoms with E-state index in [0.29, 0.717) is 23.8 Å². The lowest BCUT2D eigenvalue weighted by molar-refractivity contribution is -0.115. The van der Waals surface area contributed by atoms with Crippen LogP contribution in [0, 0.1) is 0 Å². The van der Waals surface area contributed by atoms with Gasteiger partial charge in [-0.3, -0.25) is 4.79 Å². The summed E-state index contributed by atoms with van der Waals surface area (Å²) in [5.41, 5.74) is 8.72. The number of hydrogen-bond acceptors (Lipinski definition) is 5. The molecule has 142 valence electrons. The predicted molar refractivity (Wildman–Crippen MR) is 109 cm³/mol. The van der Waals surface area contributed by atoms with Crippen molar-refractivity contribution in [2.24, 2.45) is 5.73 Å². The van der Waals surface area contributed by atoms with Crippen LogP contribution in [0.5, 0.6) is 5.75 Å². The number of fused-ring (bicyclic) bond motifs is 1. The fourth-order valence-electron chi connectivity index (χ4n) is 3.21. The number of rotatable bonds is 5. The summed E-state index contributed by atoms with van der Waals surface area (Å²) in [6, 6.07) is 15.1. The van der Waals surface area contributed by atoms with Crippen LogP contribution in [0.1, 0.15) is 24.1 Å². The largest absolute Gasteiger partial charge is 0.489 e. The number of nitrogens with one attached hydrogen (secondary N) is 1. The molecule has 7 nitrogen and oxygen atoms in total. The molecule has 3 aromatic rings. The number of halogens is 1. The van der Waals surface area contributed by atoms with E-state index in [0.717, 1.165) is 21.3 Å². The molecule has 0 fully saturated rings. The van der Waals surface area contributed by atoms with E-state index < -0.39 is 11.9 Å². The average molecular weight is 440 g/mol. The van der Waals surface area contributed by atoms with Crippen LogP contribution in [0.4, 0.5) is 5.95 Å². The number of nitrogens with zero attached hydrogens (tertiary/aromatic N) is 3. The van der Waals surface area contributed by atoms with Crippen LogP contribution >= 0.6 is 15.9 Å². The third-order valence-electron chi connectivity index (χ3n) is 4.57. The van der Waals surface area contributed by atoms with Gasteiger partial charge in [-0.15, -0.1) is 0 Å². The van der Waals surface area contributed by atoms with Gasteiger partial charge in [0.1, 0.15) is 24.7 Å². The highest BCUT2D eigenvalue weighted by Gasteiger charge is 2.32. The van der Waals surface area contributed by atoms with Gasteiger partial charge in [-0.2, -0.15) is 10.1 Å². The van der Waals surface area contributed by atoms with Gasteiger partial charge in [0.2, 0.25) is 11.9 Å². The smallest absolute Gasteiger partial charge is 0.248 e. The first kappa shape index (κ1) is 18.2. The summed E-state index contributed by atoms with van der Waals surface area (Å²) in [4.78, 5) is 16.3. The third-order valence-corrected chi connectivity index (χ3v) is 5.10. The predicted octanol–water partition coefficient (Wildman–Crippen LogP) is 3.39. The number of carbonyl (C=O) groups excluding carboxylic acids is 1. The van der Waals surface area contributed by atoms with Gasteiger partial charge in [0, 0.05) is 10.2 Å². The van der Waals surface area contributed by atoms with Gasteiger partial charge in [-0.25, -0.2) is 4.68 Å². The summed E-state index contributed by atoms with van der Waals surface area (Å²) in [7, 11) is 0. The molecule has 4 rings (SSSR count). The lowest BCUT2D eigenvalue weighted by Crippen LogP contribution is -2.31. The second-order valence-electron chi connectivity index (χ2n) is 6.44. The first-order valence-corrected chi connectivity index (χ1v) is 9.46. The van der Waals surface area contributed by atoms with Gasteiger partial charge in [0.15, 0.2) is 0 Å². The molecule has 1 aliphatic rings. The van der Waals surface area contributed by atoms with Gasteiger partial charge in [0.05, 0.1) is 5.57 Å². The molecule has 0 radical (unpaired) electrons. The van der Waals surface area contributed by atoms with E-state index in [2.05, 4.69) is 31.3 Å². The Bertz CT molecular complexity index is 1040. The van der Waals surface area contributed by atoms with E-state index in [1.807, 2.05) is 48.5 Å². The SMILES string of the molecule is CC1=C(C(N)=O)C(c2ccc(OCc3ccc(Br)cc3)cc2)n2ncnc2N1. The van der Waals surface area contributed by atoms with Crippen molar-refractivity contribution in [3.05, 3.63) is 81.7 Å². The van der Waals surface area contributed by atoms with Crippen LogP contribution in [-0.4, -0.2) is 20.7 Å². The molecule has 0 saturated heterocycles. The van der Waals surface area contributed by atoms with Crippen molar-refractivity contribution in [2.75, 3.05) is 5.32 Å². The van der Waals surface area contributed by atoms with Crippen molar-refractivity contribution >= 4 is 27.8 Å². The number of nitrogens with two attached hydrogens (primary N) is 1. The molecule has 0 spiro atoms. The van der Waals surface area contributed by atoms with Gasteiger partial charge in [0.25, 0.3) is 0 Å². The summed E-state index contributed by atoms with van der Waals surface area (Å²) in [6.45, 7) is 2.28. The number of amides is 1. The van der Waals surface area contributed by atoms with Crippen LogP contribution in [0.2, 0.25) is 0 Å². The van der Waals surface area contributed by atoms with Crippen LogP contribution in [0.3, 0.4) is 0 Å². The standard InChI is InChI=1S/C20H18BrN5O2/c1-12-17(19(22)27)18(26-20(25-12)23-11-24-26)14-4-8-16(9-5-14)28-10-13-2-6-15(21)7-3-13/h2-9,11,18H,10H2,1H3,(H2,22,27)(H,23,24,25). The molecular weight excluding hydrogens is 422 g/mol. The number of anilines is 1. The second kappa shape index (κ2) is 7.47. The minimum Gasteiger partial charge on any atom is -0.489 e. The van der Waals surface area contributed by atoms with E-state index in [1.54, 1.807) is 11.6 Å². The Labute approximate surface area is 170 Å². The minimum absolute atomic E-state index is 0.434. The molecule has 2 aromatic carbocycles. The molecule has 0 bridgehead atoms. The zero-order valence-corrected chi connectivity index (χ0v) is 16.7. The monoisotopic (exact) mass is 439 g/mol. The molecule has 0 saturated carbocycles. The van der Waals surface area contributed by atoms with Crippen molar-refractivity contribution in [3.63, 3.8) is 0 Å². The zero-order chi connectivity index (χ0) is 19.7. The topological polar surface area (TPSA) is 95.1 Å². The number of benzene rings is 2. The van der Waals surface area contributed by atoms with Crippen molar-refractivity contribution < 1.29 is 9.53 Å². The highest BCUT2D eigenvalue weighted by Crippen LogP contribution is 2.34. The summed E-state index contributed by atoms with van der Waals surface area (Å²) in [5, 5.41) is 7.32. The molecular formula is C20H18BrN5O2. The van der Waals surface area contributed by atoms with Gasteiger partial charge in [-0.1, -0.05) is 40.2 Å². The number of carbonyl (C=O) groups is 1. The molecule has 1 atom stereocenters. The van der Waals surface area contributed by atoms with E-state index >= 15 is 0 Å². The van der Waals surface area contributed by atoms with E-state index in [9.17, 15) is 4.79 Å². The molecule has 1 aliphatic heterocycles.